The number of carbonyl (C=O) groups excluding carboxylic acids is 2. The van der Waals surface area contributed by atoms with Crippen LogP contribution in [0.4, 0.5) is 0 Å². The lowest BCUT2D eigenvalue weighted by atomic mass is 10.2. The molecule has 0 saturated heterocycles. The van der Waals surface area contributed by atoms with Gasteiger partial charge in [0.15, 0.2) is 0 Å². The summed E-state index contributed by atoms with van der Waals surface area (Å²) in [6.07, 6.45) is 2.02. The predicted octanol–water partition coefficient (Wildman–Crippen LogP) is 0.832. The fraction of sp³-hybridized carbons (Fsp3) is 0.846. The minimum absolute atomic E-state index is 0.127. The summed E-state index contributed by atoms with van der Waals surface area (Å²) in [7, 11) is 0. The van der Waals surface area contributed by atoms with E-state index in [1.54, 1.807) is 6.92 Å². The molecule has 1 unspecified atom stereocenters. The molecule has 5 heteroatoms. The van der Waals surface area contributed by atoms with Crippen molar-refractivity contribution >= 4 is 11.9 Å². The van der Waals surface area contributed by atoms with Gasteiger partial charge in [0.2, 0.25) is 5.91 Å². The van der Waals surface area contributed by atoms with E-state index in [9.17, 15) is 9.59 Å². The molecule has 0 radical (unpaired) electrons. The topological polar surface area (TPSA) is 67.4 Å². The van der Waals surface area contributed by atoms with Gasteiger partial charge in [0, 0.05) is 19.0 Å². The molecule has 0 aromatic carbocycles. The third-order valence-electron chi connectivity index (χ3n) is 2.58. The van der Waals surface area contributed by atoms with E-state index in [4.69, 9.17) is 4.74 Å². The number of carbonyl (C=O) groups is 2. The highest BCUT2D eigenvalue weighted by Gasteiger charge is 2.29. The van der Waals surface area contributed by atoms with Crippen molar-refractivity contribution in [2.75, 3.05) is 13.1 Å². The number of ether oxygens (including phenoxy) is 1. The number of hydrogen-bond donors (Lipinski definition) is 2. The Morgan fingerprint density at radius 2 is 1.89 bits per heavy atom. The lowest BCUT2D eigenvalue weighted by molar-refractivity contribution is -0.156. The molecule has 0 aliphatic heterocycles. The normalized spacial score (nSPS) is 17.1. The Hall–Kier alpha value is -1.10. The van der Waals surface area contributed by atoms with E-state index in [-0.39, 0.29) is 23.8 Å². The van der Waals surface area contributed by atoms with Gasteiger partial charge >= 0.3 is 5.97 Å². The van der Waals surface area contributed by atoms with E-state index in [1.807, 2.05) is 20.8 Å². The molecule has 1 atom stereocenters. The molecule has 0 spiro atoms. The summed E-state index contributed by atoms with van der Waals surface area (Å²) >= 11 is 0. The molecule has 18 heavy (non-hydrogen) atoms. The summed E-state index contributed by atoms with van der Waals surface area (Å²) in [4.78, 5) is 23.0. The van der Waals surface area contributed by atoms with Crippen LogP contribution >= 0.6 is 0 Å². The summed E-state index contributed by atoms with van der Waals surface area (Å²) in [6.45, 7) is 8.40. The minimum Gasteiger partial charge on any atom is -0.459 e. The molecule has 5 nitrogen and oxygen atoms in total. The van der Waals surface area contributed by atoms with Gasteiger partial charge in [0.1, 0.15) is 11.6 Å². The first-order valence-corrected chi connectivity index (χ1v) is 6.53. The maximum Gasteiger partial charge on any atom is 0.323 e. The SMILES string of the molecule is CC(NCCNC(=O)C1CC1)C(=O)OC(C)(C)C. The van der Waals surface area contributed by atoms with E-state index in [0.717, 1.165) is 12.8 Å². The quantitative estimate of drug-likeness (QED) is 0.546. The van der Waals surface area contributed by atoms with E-state index < -0.39 is 5.60 Å². The first-order chi connectivity index (χ1) is 8.29. The lowest BCUT2D eigenvalue weighted by Gasteiger charge is -2.22. The molecular formula is C13H24N2O3. The van der Waals surface area contributed by atoms with Crippen LogP contribution in [-0.2, 0) is 14.3 Å². The van der Waals surface area contributed by atoms with E-state index >= 15 is 0 Å². The second-order valence-corrected chi connectivity index (χ2v) is 5.77. The van der Waals surface area contributed by atoms with Gasteiger partial charge in [0.25, 0.3) is 0 Å². The largest absolute Gasteiger partial charge is 0.459 e. The van der Waals surface area contributed by atoms with Crippen LogP contribution in [-0.4, -0.2) is 36.6 Å². The van der Waals surface area contributed by atoms with Crippen molar-refractivity contribution in [3.8, 4) is 0 Å². The van der Waals surface area contributed by atoms with Crippen molar-refractivity contribution < 1.29 is 14.3 Å². The van der Waals surface area contributed by atoms with Gasteiger partial charge in [-0.3, -0.25) is 9.59 Å². The monoisotopic (exact) mass is 256 g/mol. The predicted molar refractivity (Wildman–Crippen MR) is 69.0 cm³/mol. The first-order valence-electron chi connectivity index (χ1n) is 6.53. The Kier molecular flexibility index (Phi) is 5.14. The molecule has 0 bridgehead atoms. The van der Waals surface area contributed by atoms with Gasteiger partial charge in [-0.15, -0.1) is 0 Å². The highest BCUT2D eigenvalue weighted by molar-refractivity contribution is 5.80. The summed E-state index contributed by atoms with van der Waals surface area (Å²) in [6, 6.07) is -0.359. The average molecular weight is 256 g/mol. The molecule has 0 aromatic heterocycles. The molecule has 0 heterocycles. The lowest BCUT2D eigenvalue weighted by Crippen LogP contribution is -2.42. The van der Waals surface area contributed by atoms with Crippen LogP contribution in [0.3, 0.4) is 0 Å². The molecule has 2 N–H and O–H groups in total. The summed E-state index contributed by atoms with van der Waals surface area (Å²) in [5, 5.41) is 5.86. The van der Waals surface area contributed by atoms with Crippen LogP contribution in [0.25, 0.3) is 0 Å². The summed E-state index contributed by atoms with van der Waals surface area (Å²) < 4.78 is 5.24. The van der Waals surface area contributed by atoms with Crippen LogP contribution in [0.1, 0.15) is 40.5 Å². The Morgan fingerprint density at radius 3 is 2.39 bits per heavy atom. The van der Waals surface area contributed by atoms with Gasteiger partial charge in [-0.2, -0.15) is 0 Å². The Bertz CT molecular complexity index is 306. The van der Waals surface area contributed by atoms with Crippen molar-refractivity contribution in [1.29, 1.82) is 0 Å². The smallest absolute Gasteiger partial charge is 0.323 e. The fourth-order valence-electron chi connectivity index (χ4n) is 1.44. The van der Waals surface area contributed by atoms with Gasteiger partial charge in [-0.25, -0.2) is 0 Å². The number of rotatable bonds is 6. The molecule has 1 aliphatic rings. The second kappa shape index (κ2) is 6.18. The standard InChI is InChI=1S/C13H24N2O3/c1-9(12(17)18-13(2,3)4)14-7-8-15-11(16)10-5-6-10/h9-10,14H,5-8H2,1-4H3,(H,15,16). The van der Waals surface area contributed by atoms with E-state index in [2.05, 4.69) is 10.6 Å². The maximum atomic E-state index is 11.6. The zero-order valence-corrected chi connectivity index (χ0v) is 11.7. The van der Waals surface area contributed by atoms with Gasteiger partial charge < -0.3 is 15.4 Å². The zero-order valence-electron chi connectivity index (χ0n) is 11.7. The van der Waals surface area contributed by atoms with Gasteiger partial charge in [-0.1, -0.05) is 0 Å². The number of amides is 1. The second-order valence-electron chi connectivity index (χ2n) is 5.77. The third-order valence-corrected chi connectivity index (χ3v) is 2.58. The summed E-state index contributed by atoms with van der Waals surface area (Å²) in [5.41, 5.74) is -0.465. The Morgan fingerprint density at radius 1 is 1.28 bits per heavy atom. The molecule has 1 fully saturated rings. The van der Waals surface area contributed by atoms with Crippen LogP contribution < -0.4 is 10.6 Å². The number of hydrogen-bond acceptors (Lipinski definition) is 4. The van der Waals surface area contributed by atoms with Crippen molar-refractivity contribution in [2.45, 2.75) is 52.2 Å². The number of esters is 1. The first kappa shape index (κ1) is 15.0. The Labute approximate surface area is 109 Å². The molecule has 1 rings (SSSR count). The molecular weight excluding hydrogens is 232 g/mol. The van der Waals surface area contributed by atoms with Crippen LogP contribution in [0.2, 0.25) is 0 Å². The molecule has 0 aromatic rings. The highest BCUT2D eigenvalue weighted by Crippen LogP contribution is 2.28. The molecule has 1 aliphatic carbocycles. The van der Waals surface area contributed by atoms with E-state index in [1.165, 1.54) is 0 Å². The fourth-order valence-corrected chi connectivity index (χ4v) is 1.44. The number of nitrogens with one attached hydrogen (secondary N) is 2. The maximum absolute atomic E-state index is 11.6. The minimum atomic E-state index is -0.465. The van der Waals surface area contributed by atoms with Crippen LogP contribution in [0.5, 0.6) is 0 Å². The Balaban J connectivity index is 2.10. The van der Waals surface area contributed by atoms with Gasteiger partial charge in [-0.05, 0) is 40.5 Å². The van der Waals surface area contributed by atoms with Crippen molar-refractivity contribution in [2.24, 2.45) is 5.92 Å². The van der Waals surface area contributed by atoms with Crippen molar-refractivity contribution in [3.05, 3.63) is 0 Å². The molecule has 104 valence electrons. The van der Waals surface area contributed by atoms with Crippen molar-refractivity contribution in [3.63, 3.8) is 0 Å². The average Bonchev–Trinajstić information content (AvgIpc) is 3.04. The van der Waals surface area contributed by atoms with Crippen LogP contribution in [0.15, 0.2) is 0 Å². The molecule has 1 saturated carbocycles. The highest BCUT2D eigenvalue weighted by atomic mass is 16.6. The zero-order chi connectivity index (χ0) is 13.8. The third kappa shape index (κ3) is 6.00. The van der Waals surface area contributed by atoms with Crippen LogP contribution in [0, 0.1) is 5.92 Å². The van der Waals surface area contributed by atoms with E-state index in [0.29, 0.717) is 13.1 Å². The summed E-state index contributed by atoms with van der Waals surface area (Å²) in [5.74, 6) is 0.0889. The van der Waals surface area contributed by atoms with Crippen molar-refractivity contribution in [1.82, 2.24) is 10.6 Å². The van der Waals surface area contributed by atoms with Gasteiger partial charge in [0.05, 0.1) is 0 Å². The molecule has 1 amide bonds.